The first kappa shape index (κ1) is 24.0. The topological polar surface area (TPSA) is 84.0 Å². The van der Waals surface area contributed by atoms with Crippen molar-refractivity contribution >= 4 is 21.9 Å². The van der Waals surface area contributed by atoms with Gasteiger partial charge in [0.25, 0.3) is 0 Å². The number of piperidine rings is 1. The second kappa shape index (κ2) is 9.22. The van der Waals surface area contributed by atoms with Gasteiger partial charge in [0.1, 0.15) is 0 Å². The Kier molecular flexibility index (Phi) is 6.69. The van der Waals surface area contributed by atoms with Crippen molar-refractivity contribution in [3.63, 3.8) is 0 Å². The molecular formula is C25H34N2O5S. The van der Waals surface area contributed by atoms with Crippen LogP contribution in [0.5, 0.6) is 0 Å². The molecule has 1 aromatic carbocycles. The van der Waals surface area contributed by atoms with Gasteiger partial charge in [0.05, 0.1) is 23.8 Å². The molecule has 2 fully saturated rings. The van der Waals surface area contributed by atoms with Crippen LogP contribution in [0.25, 0.3) is 0 Å². The highest BCUT2D eigenvalue weighted by Gasteiger charge is 2.46. The van der Waals surface area contributed by atoms with Gasteiger partial charge in [-0.25, -0.2) is 8.42 Å². The molecule has 1 aliphatic carbocycles. The number of likely N-dealkylation sites (tertiary alicyclic amines) is 1. The normalized spacial score (nSPS) is 25.4. The van der Waals surface area contributed by atoms with Crippen LogP contribution in [0.1, 0.15) is 43.2 Å². The first-order valence-electron chi connectivity index (χ1n) is 11.8. The van der Waals surface area contributed by atoms with Gasteiger partial charge in [-0.15, -0.1) is 0 Å². The van der Waals surface area contributed by atoms with E-state index in [4.69, 9.17) is 4.74 Å². The Balaban J connectivity index is 1.42. The van der Waals surface area contributed by atoms with Gasteiger partial charge in [-0.3, -0.25) is 9.59 Å². The quantitative estimate of drug-likeness (QED) is 0.495. The highest BCUT2D eigenvalue weighted by atomic mass is 32.2. The Labute approximate surface area is 196 Å². The number of carbonyl (C=O) groups is 2. The molecule has 1 spiro atoms. The predicted molar refractivity (Wildman–Crippen MR) is 125 cm³/mol. The smallest absolute Gasteiger partial charge is 0.309 e. The maximum absolute atomic E-state index is 13.3. The summed E-state index contributed by atoms with van der Waals surface area (Å²) < 4.78 is 33.1. The summed E-state index contributed by atoms with van der Waals surface area (Å²) in [6, 6.07) is 5.54. The molecule has 2 aliphatic heterocycles. The SMILES string of the molecule is COC(=O)C1CC=CCC1C(=O)N1CCC2(CCN(S(=O)(=O)c3cc(C)ccc3C)CC2)C1. The molecular weight excluding hydrogens is 440 g/mol. The Bertz CT molecular complexity index is 1060. The summed E-state index contributed by atoms with van der Waals surface area (Å²) in [5.74, 6) is -1.09. The van der Waals surface area contributed by atoms with E-state index in [0.717, 1.165) is 30.4 Å². The number of ether oxygens (including phenoxy) is 1. The number of sulfonamides is 1. The van der Waals surface area contributed by atoms with Crippen LogP contribution < -0.4 is 0 Å². The van der Waals surface area contributed by atoms with Crippen LogP contribution in [0.15, 0.2) is 35.2 Å². The highest BCUT2D eigenvalue weighted by Crippen LogP contribution is 2.43. The van der Waals surface area contributed by atoms with Crippen LogP contribution in [0.3, 0.4) is 0 Å². The largest absolute Gasteiger partial charge is 0.469 e. The average molecular weight is 475 g/mol. The van der Waals surface area contributed by atoms with Crippen LogP contribution in [0, 0.1) is 31.1 Å². The second-order valence-corrected chi connectivity index (χ2v) is 11.8. The number of amides is 1. The fourth-order valence-electron chi connectivity index (χ4n) is 5.59. The maximum Gasteiger partial charge on any atom is 0.309 e. The van der Waals surface area contributed by atoms with Crippen LogP contribution >= 0.6 is 0 Å². The lowest BCUT2D eigenvalue weighted by Crippen LogP contribution is -2.46. The molecule has 2 unspecified atom stereocenters. The third-order valence-electron chi connectivity index (χ3n) is 7.75. The molecule has 0 bridgehead atoms. The fourth-order valence-corrected chi connectivity index (χ4v) is 7.34. The summed E-state index contributed by atoms with van der Waals surface area (Å²) >= 11 is 0. The monoisotopic (exact) mass is 474 g/mol. The molecule has 8 heteroatoms. The number of benzene rings is 1. The lowest BCUT2D eigenvalue weighted by molar-refractivity contribution is -0.153. The lowest BCUT2D eigenvalue weighted by atomic mass is 9.78. The predicted octanol–water partition coefficient (Wildman–Crippen LogP) is 3.06. The van der Waals surface area contributed by atoms with Crippen molar-refractivity contribution in [2.45, 2.75) is 50.8 Å². The molecule has 1 amide bonds. The van der Waals surface area contributed by atoms with E-state index in [9.17, 15) is 18.0 Å². The molecule has 3 aliphatic rings. The third-order valence-corrected chi connectivity index (χ3v) is 9.79. The van der Waals surface area contributed by atoms with E-state index in [1.807, 2.05) is 43.0 Å². The number of hydrogen-bond donors (Lipinski definition) is 0. The van der Waals surface area contributed by atoms with Gasteiger partial charge < -0.3 is 9.64 Å². The number of hydrogen-bond acceptors (Lipinski definition) is 5. The number of methoxy groups -OCH3 is 1. The lowest BCUT2D eigenvalue weighted by Gasteiger charge is -2.39. The summed E-state index contributed by atoms with van der Waals surface area (Å²) in [4.78, 5) is 27.8. The average Bonchev–Trinajstić information content (AvgIpc) is 3.23. The molecule has 180 valence electrons. The van der Waals surface area contributed by atoms with E-state index in [2.05, 4.69) is 0 Å². The second-order valence-electron chi connectivity index (χ2n) is 9.86. The van der Waals surface area contributed by atoms with Crippen molar-refractivity contribution in [2.75, 3.05) is 33.3 Å². The van der Waals surface area contributed by atoms with Crippen LogP contribution in [0.4, 0.5) is 0 Å². The zero-order valence-corrected chi connectivity index (χ0v) is 20.6. The number of carbonyl (C=O) groups excluding carboxylic acids is 2. The van der Waals surface area contributed by atoms with Gasteiger partial charge in [0.15, 0.2) is 0 Å². The van der Waals surface area contributed by atoms with Crippen LogP contribution in [0.2, 0.25) is 0 Å². The minimum Gasteiger partial charge on any atom is -0.469 e. The molecule has 33 heavy (non-hydrogen) atoms. The Hall–Kier alpha value is -2.19. The third kappa shape index (κ3) is 4.60. The zero-order valence-electron chi connectivity index (χ0n) is 19.7. The first-order valence-corrected chi connectivity index (χ1v) is 13.2. The van der Waals surface area contributed by atoms with Gasteiger partial charge in [-0.1, -0.05) is 24.3 Å². The zero-order chi connectivity index (χ0) is 23.8. The molecule has 0 saturated carbocycles. The van der Waals surface area contributed by atoms with Gasteiger partial charge in [-0.2, -0.15) is 4.31 Å². The van der Waals surface area contributed by atoms with E-state index in [1.165, 1.54) is 7.11 Å². The molecule has 0 N–H and O–H groups in total. The van der Waals surface area contributed by atoms with Gasteiger partial charge >= 0.3 is 5.97 Å². The summed E-state index contributed by atoms with van der Waals surface area (Å²) in [5, 5.41) is 0. The first-order chi connectivity index (χ1) is 15.7. The number of allylic oxidation sites excluding steroid dienone is 2. The van der Waals surface area contributed by atoms with Gasteiger partial charge in [0.2, 0.25) is 15.9 Å². The summed E-state index contributed by atoms with van der Waals surface area (Å²) in [6.45, 7) is 5.97. The Morgan fingerprint density at radius 1 is 1.00 bits per heavy atom. The molecule has 2 saturated heterocycles. The standard InChI is InChI=1S/C25H34N2O5S/c1-18-8-9-19(2)22(16-18)33(30,31)27-14-11-25(12-15-27)10-13-26(17-25)23(28)20-6-4-5-7-21(20)24(29)32-3/h4-5,8-9,16,20-21H,6-7,10-15,17H2,1-3H3. The van der Waals surface area contributed by atoms with Gasteiger partial charge in [-0.05, 0) is 68.6 Å². The van der Waals surface area contributed by atoms with E-state index in [0.29, 0.717) is 43.9 Å². The van der Waals surface area contributed by atoms with E-state index in [1.54, 1.807) is 10.4 Å². The maximum atomic E-state index is 13.3. The Morgan fingerprint density at radius 3 is 2.30 bits per heavy atom. The van der Waals surface area contributed by atoms with E-state index in [-0.39, 0.29) is 23.2 Å². The van der Waals surface area contributed by atoms with Crippen molar-refractivity contribution < 1.29 is 22.7 Å². The Morgan fingerprint density at radius 2 is 1.64 bits per heavy atom. The minimum absolute atomic E-state index is 0.0251. The molecule has 4 rings (SSSR count). The molecule has 2 heterocycles. The van der Waals surface area contributed by atoms with Crippen molar-refractivity contribution in [3.05, 3.63) is 41.5 Å². The molecule has 0 aromatic heterocycles. The number of esters is 1. The molecule has 2 atom stereocenters. The van der Waals surface area contributed by atoms with E-state index >= 15 is 0 Å². The van der Waals surface area contributed by atoms with E-state index < -0.39 is 15.9 Å². The minimum atomic E-state index is -3.53. The van der Waals surface area contributed by atoms with Crippen molar-refractivity contribution in [2.24, 2.45) is 17.3 Å². The number of aryl methyl sites for hydroxylation is 2. The van der Waals surface area contributed by atoms with Crippen molar-refractivity contribution in [3.8, 4) is 0 Å². The molecule has 1 aromatic rings. The van der Waals surface area contributed by atoms with Gasteiger partial charge in [0, 0.05) is 26.2 Å². The number of rotatable bonds is 4. The number of nitrogens with zero attached hydrogens (tertiary/aromatic N) is 2. The summed E-state index contributed by atoms with van der Waals surface area (Å²) in [5.41, 5.74) is 1.65. The molecule has 0 radical (unpaired) electrons. The summed E-state index contributed by atoms with van der Waals surface area (Å²) in [7, 11) is -2.17. The van der Waals surface area contributed by atoms with Crippen LogP contribution in [-0.2, 0) is 24.3 Å². The van der Waals surface area contributed by atoms with Crippen LogP contribution in [-0.4, -0.2) is 62.8 Å². The molecule has 7 nitrogen and oxygen atoms in total. The van der Waals surface area contributed by atoms with Crippen molar-refractivity contribution in [1.82, 2.24) is 9.21 Å². The van der Waals surface area contributed by atoms with Crippen molar-refractivity contribution in [1.29, 1.82) is 0 Å². The highest BCUT2D eigenvalue weighted by molar-refractivity contribution is 7.89. The summed E-state index contributed by atoms with van der Waals surface area (Å²) in [6.07, 6.45) is 7.38. The fraction of sp³-hybridized carbons (Fsp3) is 0.600.